The summed E-state index contributed by atoms with van der Waals surface area (Å²) in [5.74, 6) is -0.319. The van der Waals surface area contributed by atoms with Gasteiger partial charge in [0, 0.05) is 28.4 Å². The molecule has 3 amide bonds. The van der Waals surface area contributed by atoms with Crippen molar-refractivity contribution in [2.45, 2.75) is 30.8 Å². The van der Waals surface area contributed by atoms with E-state index >= 15 is 0 Å². The third-order valence-corrected chi connectivity index (χ3v) is 6.13. The molecular weight excluding hydrogens is 432 g/mol. The van der Waals surface area contributed by atoms with Crippen molar-refractivity contribution in [3.63, 3.8) is 0 Å². The number of carbonyl (C=O) groups is 2. The van der Waals surface area contributed by atoms with Gasteiger partial charge in [0.15, 0.2) is 6.61 Å². The first-order valence-electron chi connectivity index (χ1n) is 9.54. The zero-order valence-electron chi connectivity index (χ0n) is 15.9. The highest BCUT2D eigenvalue weighted by atomic mass is 35.5. The molecule has 3 N–H and O–H groups in total. The fourth-order valence-electron chi connectivity index (χ4n) is 4.22. The largest absolute Gasteiger partial charge is 0.484 e. The molecular formula is C21H20Cl2FN3O3. The number of halogens is 3. The number of rotatable bonds is 6. The van der Waals surface area contributed by atoms with Gasteiger partial charge in [0.2, 0.25) is 0 Å². The molecule has 0 spiro atoms. The van der Waals surface area contributed by atoms with Crippen molar-refractivity contribution in [2.75, 3.05) is 11.9 Å². The van der Waals surface area contributed by atoms with Crippen LogP contribution >= 0.6 is 23.2 Å². The van der Waals surface area contributed by atoms with E-state index in [9.17, 15) is 14.0 Å². The molecule has 158 valence electrons. The molecule has 0 heterocycles. The number of ether oxygens (including phenoxy) is 1. The lowest BCUT2D eigenvalue weighted by atomic mass is 9.76. The van der Waals surface area contributed by atoms with Crippen molar-refractivity contribution in [3.05, 3.63) is 58.3 Å². The quantitative estimate of drug-likeness (QED) is 0.609. The molecule has 30 heavy (non-hydrogen) atoms. The third-order valence-electron chi connectivity index (χ3n) is 5.57. The van der Waals surface area contributed by atoms with Crippen molar-refractivity contribution >= 4 is 40.8 Å². The van der Waals surface area contributed by atoms with E-state index in [-0.39, 0.29) is 40.9 Å². The molecule has 3 saturated carbocycles. The van der Waals surface area contributed by atoms with Crippen LogP contribution in [0.5, 0.6) is 5.75 Å². The van der Waals surface area contributed by atoms with Gasteiger partial charge in [-0.05, 0) is 61.6 Å². The molecule has 1 unspecified atom stereocenters. The maximum Gasteiger partial charge on any atom is 0.319 e. The minimum atomic E-state index is -0.600. The number of fused-ring (bicyclic) bond motifs is 1. The lowest BCUT2D eigenvalue weighted by Crippen LogP contribution is -2.53. The number of benzene rings is 2. The summed E-state index contributed by atoms with van der Waals surface area (Å²) >= 11 is 11.5. The monoisotopic (exact) mass is 451 g/mol. The highest BCUT2D eigenvalue weighted by Gasteiger charge is 2.57. The second-order valence-electron chi connectivity index (χ2n) is 7.78. The van der Waals surface area contributed by atoms with Gasteiger partial charge in [0.1, 0.15) is 11.6 Å². The SMILES string of the molecule is O=C(COc1ccc(Cl)c(F)c1)NC12CC(C1)C(NC(=O)Nc1ccc(Cl)cc1)C2. The molecule has 2 aromatic carbocycles. The molecule has 6 nitrogen and oxygen atoms in total. The summed E-state index contributed by atoms with van der Waals surface area (Å²) in [5.41, 5.74) is 0.329. The smallest absolute Gasteiger partial charge is 0.319 e. The van der Waals surface area contributed by atoms with Crippen LogP contribution < -0.4 is 20.7 Å². The summed E-state index contributed by atoms with van der Waals surface area (Å²) in [6.07, 6.45) is 2.27. The molecule has 9 heteroatoms. The van der Waals surface area contributed by atoms with Gasteiger partial charge >= 0.3 is 6.03 Å². The summed E-state index contributed by atoms with van der Waals surface area (Å²) < 4.78 is 18.8. The summed E-state index contributed by atoms with van der Waals surface area (Å²) in [6, 6.07) is 10.6. The van der Waals surface area contributed by atoms with Gasteiger partial charge in [0.25, 0.3) is 5.91 Å². The number of amides is 3. The Hall–Kier alpha value is -2.51. The normalized spacial score (nSPS) is 24.0. The Morgan fingerprint density at radius 2 is 1.83 bits per heavy atom. The maximum atomic E-state index is 13.4. The average Bonchev–Trinajstić information content (AvgIpc) is 3.18. The van der Waals surface area contributed by atoms with Crippen LogP contribution in [0.4, 0.5) is 14.9 Å². The standard InChI is InChI=1S/C21H20Cl2FN3O3/c22-13-1-3-14(4-2-13)25-20(29)26-18-10-21(8-12(18)9-21)27-19(28)11-30-15-5-6-16(23)17(24)7-15/h1-7,12,18H,8-11H2,(H,27,28)(H2,25,26,29). The van der Waals surface area contributed by atoms with E-state index in [1.54, 1.807) is 24.3 Å². The number of hydrogen-bond acceptors (Lipinski definition) is 3. The maximum absolute atomic E-state index is 13.4. The zero-order valence-corrected chi connectivity index (χ0v) is 17.4. The fraction of sp³-hybridized carbons (Fsp3) is 0.333. The second kappa shape index (κ2) is 8.32. The summed E-state index contributed by atoms with van der Waals surface area (Å²) in [7, 11) is 0. The van der Waals surface area contributed by atoms with Crippen molar-refractivity contribution in [2.24, 2.45) is 5.92 Å². The van der Waals surface area contributed by atoms with Gasteiger partial charge in [-0.15, -0.1) is 0 Å². The third kappa shape index (κ3) is 4.63. The lowest BCUT2D eigenvalue weighted by Gasteiger charge is -2.39. The number of urea groups is 1. The highest BCUT2D eigenvalue weighted by Crippen LogP contribution is 2.52. The Kier molecular flexibility index (Phi) is 5.75. The second-order valence-corrected chi connectivity index (χ2v) is 8.62. The van der Waals surface area contributed by atoms with Crippen LogP contribution in [-0.2, 0) is 4.79 Å². The first-order chi connectivity index (χ1) is 14.3. The Bertz CT molecular complexity index is 964. The van der Waals surface area contributed by atoms with Crippen LogP contribution in [0.2, 0.25) is 10.0 Å². The number of anilines is 1. The van der Waals surface area contributed by atoms with E-state index in [0.29, 0.717) is 23.0 Å². The molecule has 0 aromatic heterocycles. The van der Waals surface area contributed by atoms with E-state index in [1.165, 1.54) is 12.1 Å². The number of carbonyl (C=O) groups excluding carboxylic acids is 2. The summed E-state index contributed by atoms with van der Waals surface area (Å²) in [5, 5.41) is 9.36. The first kappa shape index (κ1) is 20.8. The Morgan fingerprint density at radius 3 is 2.53 bits per heavy atom. The molecule has 3 aliphatic carbocycles. The summed E-state index contributed by atoms with van der Waals surface area (Å²) in [4.78, 5) is 24.5. The van der Waals surface area contributed by atoms with E-state index in [0.717, 1.165) is 18.9 Å². The van der Waals surface area contributed by atoms with Gasteiger partial charge in [-0.1, -0.05) is 23.2 Å². The van der Waals surface area contributed by atoms with Crippen LogP contribution in [0, 0.1) is 11.7 Å². The molecule has 3 aliphatic rings. The molecule has 0 radical (unpaired) electrons. The summed E-state index contributed by atoms with van der Waals surface area (Å²) in [6.45, 7) is -0.220. The predicted molar refractivity (Wildman–Crippen MR) is 113 cm³/mol. The van der Waals surface area contributed by atoms with E-state index in [4.69, 9.17) is 27.9 Å². The molecule has 0 saturated heterocycles. The first-order valence-corrected chi connectivity index (χ1v) is 10.3. The average molecular weight is 452 g/mol. The molecule has 3 fully saturated rings. The fourth-order valence-corrected chi connectivity index (χ4v) is 4.46. The molecule has 2 aromatic rings. The van der Waals surface area contributed by atoms with Crippen LogP contribution in [0.1, 0.15) is 19.3 Å². The van der Waals surface area contributed by atoms with Gasteiger partial charge < -0.3 is 20.7 Å². The Labute approximate surface area is 183 Å². The van der Waals surface area contributed by atoms with E-state index in [1.807, 2.05) is 0 Å². The number of hydrogen-bond donors (Lipinski definition) is 3. The van der Waals surface area contributed by atoms with Crippen LogP contribution in [0.25, 0.3) is 0 Å². The van der Waals surface area contributed by atoms with E-state index < -0.39 is 5.82 Å². The molecule has 0 aliphatic heterocycles. The Morgan fingerprint density at radius 1 is 1.10 bits per heavy atom. The van der Waals surface area contributed by atoms with Crippen molar-refractivity contribution in [3.8, 4) is 5.75 Å². The predicted octanol–water partition coefficient (Wildman–Crippen LogP) is 4.37. The molecule has 2 bridgehead atoms. The van der Waals surface area contributed by atoms with Crippen LogP contribution in [0.3, 0.4) is 0 Å². The van der Waals surface area contributed by atoms with Crippen molar-refractivity contribution in [1.29, 1.82) is 0 Å². The van der Waals surface area contributed by atoms with Crippen LogP contribution in [-0.4, -0.2) is 30.1 Å². The van der Waals surface area contributed by atoms with Gasteiger partial charge in [-0.2, -0.15) is 0 Å². The topological polar surface area (TPSA) is 79.5 Å². The van der Waals surface area contributed by atoms with Crippen molar-refractivity contribution in [1.82, 2.24) is 10.6 Å². The van der Waals surface area contributed by atoms with Gasteiger partial charge in [-0.3, -0.25) is 4.79 Å². The van der Waals surface area contributed by atoms with Crippen molar-refractivity contribution < 1.29 is 18.7 Å². The number of nitrogens with one attached hydrogen (secondary N) is 3. The minimum absolute atomic E-state index is 0.00389. The highest BCUT2D eigenvalue weighted by molar-refractivity contribution is 6.31. The van der Waals surface area contributed by atoms with Gasteiger partial charge in [0.05, 0.1) is 5.02 Å². The van der Waals surface area contributed by atoms with E-state index in [2.05, 4.69) is 16.0 Å². The molecule has 5 rings (SSSR count). The molecule has 1 atom stereocenters. The van der Waals surface area contributed by atoms with Crippen LogP contribution in [0.15, 0.2) is 42.5 Å². The lowest BCUT2D eigenvalue weighted by molar-refractivity contribution is -0.125. The zero-order chi connectivity index (χ0) is 21.3. The van der Waals surface area contributed by atoms with Gasteiger partial charge in [-0.25, -0.2) is 9.18 Å². The minimum Gasteiger partial charge on any atom is -0.484 e. The Balaban J connectivity index is 1.24.